The first-order chi connectivity index (χ1) is 7.00. The molecular formula is C11H21NO3. The summed E-state index contributed by atoms with van der Waals surface area (Å²) in [4.78, 5) is 13.2. The van der Waals surface area contributed by atoms with Crippen LogP contribution in [0.25, 0.3) is 0 Å². The lowest BCUT2D eigenvalue weighted by Crippen LogP contribution is -2.45. The average Bonchev–Trinajstić information content (AvgIpc) is 2.17. The van der Waals surface area contributed by atoms with Crippen LogP contribution in [-0.2, 0) is 9.53 Å². The van der Waals surface area contributed by atoms with Crippen LogP contribution in [0.1, 0.15) is 33.6 Å². The van der Waals surface area contributed by atoms with E-state index in [0.717, 1.165) is 12.8 Å². The van der Waals surface area contributed by atoms with Gasteiger partial charge in [-0.05, 0) is 33.6 Å². The van der Waals surface area contributed by atoms with Crippen molar-refractivity contribution in [2.24, 2.45) is 0 Å². The molecular weight excluding hydrogens is 194 g/mol. The maximum atomic E-state index is 11.5. The average molecular weight is 215 g/mol. The zero-order chi connectivity index (χ0) is 11.4. The highest BCUT2D eigenvalue weighted by molar-refractivity contribution is 5.80. The number of amides is 1. The highest BCUT2D eigenvalue weighted by Crippen LogP contribution is 2.15. The molecule has 1 aliphatic rings. The molecule has 0 unspecified atom stereocenters. The summed E-state index contributed by atoms with van der Waals surface area (Å²) in [5.41, 5.74) is 0. The summed E-state index contributed by atoms with van der Waals surface area (Å²) in [7, 11) is 0. The van der Waals surface area contributed by atoms with Gasteiger partial charge in [0.1, 0.15) is 6.10 Å². The quantitative estimate of drug-likeness (QED) is 0.757. The molecule has 1 N–H and O–H groups in total. The highest BCUT2D eigenvalue weighted by atomic mass is 16.5. The topological polar surface area (TPSA) is 49.8 Å². The molecule has 1 amide bonds. The van der Waals surface area contributed by atoms with Crippen molar-refractivity contribution in [3.8, 4) is 0 Å². The number of rotatable bonds is 3. The fraction of sp³-hybridized carbons (Fsp3) is 0.909. The molecule has 1 rings (SSSR count). The SMILES string of the molecule is CC(C)OC1CCN(C(=O)[C@H](C)O)CC1. The predicted molar refractivity (Wildman–Crippen MR) is 57.5 cm³/mol. The Balaban J connectivity index is 2.32. The Hall–Kier alpha value is -0.610. The van der Waals surface area contributed by atoms with Crippen molar-refractivity contribution >= 4 is 5.91 Å². The van der Waals surface area contributed by atoms with Crippen molar-refractivity contribution in [1.82, 2.24) is 4.90 Å². The zero-order valence-electron chi connectivity index (χ0n) is 9.77. The molecule has 1 atom stereocenters. The maximum absolute atomic E-state index is 11.5. The third-order valence-corrected chi connectivity index (χ3v) is 2.58. The fourth-order valence-electron chi connectivity index (χ4n) is 1.86. The molecule has 0 aromatic rings. The van der Waals surface area contributed by atoms with E-state index in [-0.39, 0.29) is 18.1 Å². The molecule has 1 fully saturated rings. The Morgan fingerprint density at radius 3 is 2.27 bits per heavy atom. The Morgan fingerprint density at radius 2 is 1.87 bits per heavy atom. The number of aliphatic hydroxyl groups excluding tert-OH is 1. The Morgan fingerprint density at radius 1 is 1.33 bits per heavy atom. The third-order valence-electron chi connectivity index (χ3n) is 2.58. The molecule has 0 saturated carbocycles. The van der Waals surface area contributed by atoms with Gasteiger partial charge >= 0.3 is 0 Å². The van der Waals surface area contributed by atoms with Gasteiger partial charge in [-0.3, -0.25) is 4.79 Å². The van der Waals surface area contributed by atoms with Gasteiger partial charge in [0.2, 0.25) is 0 Å². The van der Waals surface area contributed by atoms with Crippen LogP contribution >= 0.6 is 0 Å². The van der Waals surface area contributed by atoms with Crippen LogP contribution < -0.4 is 0 Å². The monoisotopic (exact) mass is 215 g/mol. The molecule has 0 spiro atoms. The second kappa shape index (κ2) is 5.47. The van der Waals surface area contributed by atoms with Crippen LogP contribution in [0.4, 0.5) is 0 Å². The van der Waals surface area contributed by atoms with Crippen LogP contribution in [0.2, 0.25) is 0 Å². The first-order valence-corrected chi connectivity index (χ1v) is 5.63. The number of hydrogen-bond donors (Lipinski definition) is 1. The van der Waals surface area contributed by atoms with Gasteiger partial charge in [0.25, 0.3) is 5.91 Å². The minimum absolute atomic E-state index is 0.169. The van der Waals surface area contributed by atoms with Crippen molar-refractivity contribution in [2.75, 3.05) is 13.1 Å². The van der Waals surface area contributed by atoms with Crippen LogP contribution in [-0.4, -0.2) is 47.3 Å². The van der Waals surface area contributed by atoms with Crippen LogP contribution in [0.5, 0.6) is 0 Å². The lowest BCUT2D eigenvalue weighted by atomic mass is 10.1. The fourth-order valence-corrected chi connectivity index (χ4v) is 1.86. The third kappa shape index (κ3) is 3.80. The van der Waals surface area contributed by atoms with Crippen LogP contribution in [0, 0.1) is 0 Å². The van der Waals surface area contributed by atoms with E-state index in [1.165, 1.54) is 6.92 Å². The number of nitrogens with zero attached hydrogens (tertiary/aromatic N) is 1. The van der Waals surface area contributed by atoms with E-state index in [1.807, 2.05) is 13.8 Å². The Kier molecular flexibility index (Phi) is 4.54. The summed E-state index contributed by atoms with van der Waals surface area (Å²) >= 11 is 0. The maximum Gasteiger partial charge on any atom is 0.251 e. The van der Waals surface area contributed by atoms with Crippen molar-refractivity contribution in [3.63, 3.8) is 0 Å². The number of carbonyl (C=O) groups is 1. The second-order valence-electron chi connectivity index (χ2n) is 4.39. The molecule has 4 nitrogen and oxygen atoms in total. The van der Waals surface area contributed by atoms with E-state index in [1.54, 1.807) is 4.90 Å². The van der Waals surface area contributed by atoms with Crippen molar-refractivity contribution in [1.29, 1.82) is 0 Å². The molecule has 1 saturated heterocycles. The standard InChI is InChI=1S/C11H21NO3/c1-8(2)15-10-4-6-12(7-5-10)11(14)9(3)13/h8-10,13H,4-7H2,1-3H3/t9-/m0/s1. The molecule has 15 heavy (non-hydrogen) atoms. The van der Waals surface area contributed by atoms with Gasteiger partial charge in [-0.15, -0.1) is 0 Å². The molecule has 0 aromatic heterocycles. The summed E-state index contributed by atoms with van der Waals surface area (Å²) in [6, 6.07) is 0. The van der Waals surface area contributed by atoms with Gasteiger partial charge in [0.05, 0.1) is 12.2 Å². The van der Waals surface area contributed by atoms with Crippen molar-refractivity contribution < 1.29 is 14.6 Å². The molecule has 88 valence electrons. The van der Waals surface area contributed by atoms with Gasteiger partial charge in [-0.2, -0.15) is 0 Å². The number of likely N-dealkylation sites (tertiary alicyclic amines) is 1. The molecule has 0 aliphatic carbocycles. The Bertz CT molecular complexity index is 208. The van der Waals surface area contributed by atoms with Crippen molar-refractivity contribution in [2.45, 2.75) is 51.9 Å². The van der Waals surface area contributed by atoms with Crippen LogP contribution in [0.3, 0.4) is 0 Å². The van der Waals surface area contributed by atoms with E-state index in [2.05, 4.69) is 0 Å². The lowest BCUT2D eigenvalue weighted by molar-refractivity contribution is -0.142. The number of aliphatic hydroxyl groups is 1. The molecule has 0 bridgehead atoms. The summed E-state index contributed by atoms with van der Waals surface area (Å²) < 4.78 is 5.68. The summed E-state index contributed by atoms with van der Waals surface area (Å²) in [6.07, 6.45) is 1.37. The van der Waals surface area contributed by atoms with E-state index < -0.39 is 6.10 Å². The summed E-state index contributed by atoms with van der Waals surface area (Å²) in [6.45, 7) is 6.95. The number of ether oxygens (including phenoxy) is 1. The smallest absolute Gasteiger partial charge is 0.251 e. The highest BCUT2D eigenvalue weighted by Gasteiger charge is 2.25. The number of carbonyl (C=O) groups excluding carboxylic acids is 1. The van der Waals surface area contributed by atoms with Gasteiger partial charge in [0, 0.05) is 13.1 Å². The molecule has 0 radical (unpaired) electrons. The van der Waals surface area contributed by atoms with E-state index >= 15 is 0 Å². The lowest BCUT2D eigenvalue weighted by Gasteiger charge is -2.33. The molecule has 1 aliphatic heterocycles. The first kappa shape index (κ1) is 12.5. The number of hydrogen-bond acceptors (Lipinski definition) is 3. The molecule has 0 aromatic carbocycles. The van der Waals surface area contributed by atoms with E-state index in [4.69, 9.17) is 9.84 Å². The van der Waals surface area contributed by atoms with Crippen molar-refractivity contribution in [3.05, 3.63) is 0 Å². The van der Waals surface area contributed by atoms with E-state index in [0.29, 0.717) is 13.1 Å². The Labute approximate surface area is 91.2 Å². The minimum Gasteiger partial charge on any atom is -0.384 e. The van der Waals surface area contributed by atoms with Gasteiger partial charge in [-0.25, -0.2) is 0 Å². The van der Waals surface area contributed by atoms with Gasteiger partial charge < -0.3 is 14.7 Å². The summed E-state index contributed by atoms with van der Waals surface area (Å²) in [5.74, 6) is -0.169. The molecule has 4 heteroatoms. The normalized spacial score (nSPS) is 20.7. The minimum atomic E-state index is -0.882. The van der Waals surface area contributed by atoms with Crippen LogP contribution in [0.15, 0.2) is 0 Å². The second-order valence-corrected chi connectivity index (χ2v) is 4.39. The predicted octanol–water partition coefficient (Wildman–Crippen LogP) is 0.783. The largest absolute Gasteiger partial charge is 0.384 e. The molecule has 1 heterocycles. The van der Waals surface area contributed by atoms with Gasteiger partial charge in [0.15, 0.2) is 0 Å². The zero-order valence-corrected chi connectivity index (χ0v) is 9.77. The summed E-state index contributed by atoms with van der Waals surface area (Å²) in [5, 5.41) is 9.16. The number of piperidine rings is 1. The first-order valence-electron chi connectivity index (χ1n) is 5.63. The van der Waals surface area contributed by atoms with Gasteiger partial charge in [-0.1, -0.05) is 0 Å². The van der Waals surface area contributed by atoms with E-state index in [9.17, 15) is 4.79 Å².